The molecule has 2 aliphatic heterocycles. The molecular weight excluding hydrogens is 364 g/mol. The van der Waals surface area contributed by atoms with E-state index in [9.17, 15) is 9.59 Å². The molecule has 0 N–H and O–H groups in total. The van der Waals surface area contributed by atoms with Crippen LogP contribution in [0, 0.1) is 0 Å². The van der Waals surface area contributed by atoms with E-state index in [-0.39, 0.29) is 11.8 Å². The highest BCUT2D eigenvalue weighted by Crippen LogP contribution is 2.31. The van der Waals surface area contributed by atoms with Gasteiger partial charge in [0, 0.05) is 32.3 Å². The molecule has 27 heavy (non-hydrogen) atoms. The number of benzene rings is 1. The molecule has 0 bridgehead atoms. The molecule has 0 unspecified atom stereocenters. The number of carbonyl (C=O) groups is 2. The number of amides is 2. The van der Waals surface area contributed by atoms with E-state index in [4.69, 9.17) is 9.47 Å². The summed E-state index contributed by atoms with van der Waals surface area (Å²) in [5, 5.41) is 1.90. The highest BCUT2D eigenvalue weighted by molar-refractivity contribution is 7.12. The highest BCUT2D eigenvalue weighted by Gasteiger charge is 2.24. The number of thiophene rings is 1. The van der Waals surface area contributed by atoms with Gasteiger partial charge in [-0.05, 0) is 35.2 Å². The van der Waals surface area contributed by atoms with Crippen molar-refractivity contribution in [3.8, 4) is 11.5 Å². The summed E-state index contributed by atoms with van der Waals surface area (Å²) < 4.78 is 11.1. The van der Waals surface area contributed by atoms with E-state index in [0.717, 1.165) is 16.2 Å². The van der Waals surface area contributed by atoms with Gasteiger partial charge in [-0.1, -0.05) is 12.1 Å². The Bertz CT molecular complexity index is 855. The maximum absolute atomic E-state index is 12.4. The van der Waals surface area contributed by atoms with Gasteiger partial charge < -0.3 is 19.3 Å². The van der Waals surface area contributed by atoms with Gasteiger partial charge in [-0.3, -0.25) is 9.59 Å². The van der Waals surface area contributed by atoms with Gasteiger partial charge in [0.2, 0.25) is 5.91 Å². The minimum Gasteiger partial charge on any atom is -0.486 e. The van der Waals surface area contributed by atoms with Crippen LogP contribution >= 0.6 is 11.3 Å². The lowest BCUT2D eigenvalue weighted by molar-refractivity contribution is -0.127. The number of fused-ring (bicyclic) bond motifs is 1. The molecule has 0 spiro atoms. The summed E-state index contributed by atoms with van der Waals surface area (Å²) in [5.41, 5.74) is 0.888. The number of hydrogen-bond acceptors (Lipinski definition) is 5. The van der Waals surface area contributed by atoms with E-state index >= 15 is 0 Å². The Balaban J connectivity index is 1.33. The van der Waals surface area contributed by atoms with Gasteiger partial charge in [-0.25, -0.2) is 0 Å². The second-order valence-corrected chi connectivity index (χ2v) is 7.28. The van der Waals surface area contributed by atoms with Gasteiger partial charge >= 0.3 is 0 Å². The molecule has 140 valence electrons. The number of carbonyl (C=O) groups excluding carboxylic acids is 2. The first-order chi connectivity index (χ1) is 13.2. The Labute approximate surface area is 161 Å². The average molecular weight is 384 g/mol. The lowest BCUT2D eigenvalue weighted by Crippen LogP contribution is -2.50. The zero-order chi connectivity index (χ0) is 18.6. The van der Waals surface area contributed by atoms with Crippen molar-refractivity contribution in [2.24, 2.45) is 0 Å². The average Bonchev–Trinajstić information content (AvgIpc) is 3.26. The lowest BCUT2D eigenvalue weighted by Gasteiger charge is -2.34. The van der Waals surface area contributed by atoms with E-state index in [1.54, 1.807) is 22.0 Å². The summed E-state index contributed by atoms with van der Waals surface area (Å²) in [6.07, 6.45) is 3.35. The molecule has 1 aromatic heterocycles. The molecule has 4 rings (SSSR count). The molecular formula is C20H20N2O4S. The van der Waals surface area contributed by atoms with Gasteiger partial charge in [0.15, 0.2) is 11.5 Å². The van der Waals surface area contributed by atoms with Crippen molar-refractivity contribution in [3.05, 3.63) is 52.2 Å². The monoisotopic (exact) mass is 384 g/mol. The summed E-state index contributed by atoms with van der Waals surface area (Å²) in [4.78, 5) is 29.1. The quantitative estimate of drug-likeness (QED) is 0.763. The number of ether oxygens (including phenoxy) is 2. The minimum absolute atomic E-state index is 0.0453. The van der Waals surface area contributed by atoms with Gasteiger partial charge in [-0.2, -0.15) is 0 Å². The van der Waals surface area contributed by atoms with Crippen LogP contribution < -0.4 is 9.47 Å². The Morgan fingerprint density at radius 3 is 2.44 bits per heavy atom. The molecule has 0 saturated carbocycles. The van der Waals surface area contributed by atoms with Crippen LogP contribution in [0.1, 0.15) is 15.2 Å². The van der Waals surface area contributed by atoms with Gasteiger partial charge in [-0.15, -0.1) is 11.3 Å². The summed E-state index contributed by atoms with van der Waals surface area (Å²) in [5.74, 6) is 1.44. The summed E-state index contributed by atoms with van der Waals surface area (Å²) in [6.45, 7) is 3.29. The Morgan fingerprint density at radius 2 is 1.70 bits per heavy atom. The number of hydrogen-bond donors (Lipinski definition) is 0. The molecule has 0 aliphatic carbocycles. The molecule has 1 aromatic carbocycles. The van der Waals surface area contributed by atoms with E-state index in [1.807, 2.05) is 35.7 Å². The third-order valence-corrected chi connectivity index (χ3v) is 5.45. The van der Waals surface area contributed by atoms with Gasteiger partial charge in [0.25, 0.3) is 5.91 Å². The van der Waals surface area contributed by atoms with Gasteiger partial charge in [0.05, 0.1) is 4.88 Å². The van der Waals surface area contributed by atoms with Crippen LogP contribution in [0.25, 0.3) is 6.08 Å². The predicted molar refractivity (Wildman–Crippen MR) is 103 cm³/mol. The lowest BCUT2D eigenvalue weighted by atomic mass is 10.1. The SMILES string of the molecule is O=C(/C=C/c1ccc2c(c1)OCCO2)N1CCN(C(=O)c2cccs2)CC1. The van der Waals surface area contributed by atoms with Crippen molar-refractivity contribution in [1.82, 2.24) is 9.80 Å². The fourth-order valence-electron chi connectivity index (χ4n) is 3.12. The maximum atomic E-state index is 12.4. The highest BCUT2D eigenvalue weighted by atomic mass is 32.1. The number of nitrogens with zero attached hydrogens (tertiary/aromatic N) is 2. The van der Waals surface area contributed by atoms with Crippen molar-refractivity contribution in [2.75, 3.05) is 39.4 Å². The molecule has 2 amide bonds. The van der Waals surface area contributed by atoms with Crippen LogP contribution in [0.2, 0.25) is 0 Å². The second kappa shape index (κ2) is 7.84. The first-order valence-electron chi connectivity index (χ1n) is 8.90. The third kappa shape index (κ3) is 3.98. The van der Waals surface area contributed by atoms with Crippen LogP contribution in [-0.2, 0) is 4.79 Å². The third-order valence-electron chi connectivity index (χ3n) is 4.60. The van der Waals surface area contributed by atoms with E-state index in [0.29, 0.717) is 45.1 Å². The standard InChI is InChI=1S/C20H20N2O4S/c23-19(6-4-15-3-5-16-17(14-15)26-12-11-25-16)21-7-9-22(10-8-21)20(24)18-2-1-13-27-18/h1-6,13-14H,7-12H2/b6-4+. The van der Waals surface area contributed by atoms with Crippen LogP contribution in [0.5, 0.6) is 11.5 Å². The molecule has 1 saturated heterocycles. The largest absolute Gasteiger partial charge is 0.486 e. The normalized spacial score (nSPS) is 16.6. The fourth-order valence-corrected chi connectivity index (χ4v) is 3.81. The molecule has 6 nitrogen and oxygen atoms in total. The fraction of sp³-hybridized carbons (Fsp3) is 0.300. The van der Waals surface area contributed by atoms with Crippen LogP contribution in [0.3, 0.4) is 0 Å². The van der Waals surface area contributed by atoms with Crippen LogP contribution in [-0.4, -0.2) is 61.0 Å². The summed E-state index contributed by atoms with van der Waals surface area (Å²) in [6, 6.07) is 9.33. The van der Waals surface area contributed by atoms with Crippen LogP contribution in [0.15, 0.2) is 41.8 Å². The number of rotatable bonds is 3. The second-order valence-electron chi connectivity index (χ2n) is 6.33. The van der Waals surface area contributed by atoms with Crippen molar-refractivity contribution < 1.29 is 19.1 Å². The predicted octanol–water partition coefficient (Wildman–Crippen LogP) is 2.52. The first kappa shape index (κ1) is 17.6. The Kier molecular flexibility index (Phi) is 5.11. The summed E-state index contributed by atoms with van der Waals surface area (Å²) >= 11 is 1.45. The van der Waals surface area contributed by atoms with E-state index in [2.05, 4.69) is 0 Å². The maximum Gasteiger partial charge on any atom is 0.264 e. The smallest absolute Gasteiger partial charge is 0.264 e. The van der Waals surface area contributed by atoms with Crippen molar-refractivity contribution in [3.63, 3.8) is 0 Å². The molecule has 1 fully saturated rings. The van der Waals surface area contributed by atoms with E-state index in [1.165, 1.54) is 11.3 Å². The van der Waals surface area contributed by atoms with Crippen molar-refractivity contribution >= 4 is 29.2 Å². The molecule has 2 aliphatic rings. The van der Waals surface area contributed by atoms with Crippen molar-refractivity contribution in [1.29, 1.82) is 0 Å². The van der Waals surface area contributed by atoms with Crippen LogP contribution in [0.4, 0.5) is 0 Å². The van der Waals surface area contributed by atoms with Crippen molar-refractivity contribution in [2.45, 2.75) is 0 Å². The zero-order valence-corrected chi connectivity index (χ0v) is 15.6. The molecule has 2 aromatic rings. The Morgan fingerprint density at radius 1 is 0.963 bits per heavy atom. The Hall–Kier alpha value is -2.80. The number of piperazine rings is 1. The topological polar surface area (TPSA) is 59.1 Å². The molecule has 0 atom stereocenters. The van der Waals surface area contributed by atoms with E-state index < -0.39 is 0 Å². The summed E-state index contributed by atoms with van der Waals surface area (Å²) in [7, 11) is 0. The molecule has 7 heteroatoms. The van der Waals surface area contributed by atoms with Gasteiger partial charge in [0.1, 0.15) is 13.2 Å². The zero-order valence-electron chi connectivity index (χ0n) is 14.8. The molecule has 0 radical (unpaired) electrons. The minimum atomic E-state index is -0.0480. The molecule has 3 heterocycles. The first-order valence-corrected chi connectivity index (χ1v) is 9.78.